The van der Waals surface area contributed by atoms with Crippen LogP contribution in [0, 0.1) is 0 Å². The second kappa shape index (κ2) is 4.35. The topological polar surface area (TPSA) is 24.4 Å². The molecule has 4 heteroatoms. The van der Waals surface area contributed by atoms with Crippen LogP contribution in [-0.4, -0.2) is 34.0 Å². The molecule has 2 heterocycles. The summed E-state index contributed by atoms with van der Waals surface area (Å²) < 4.78 is 0. The van der Waals surface area contributed by atoms with Crippen molar-refractivity contribution < 1.29 is 0 Å². The molecule has 0 amide bonds. The molecule has 2 nitrogen and oxygen atoms in total. The van der Waals surface area contributed by atoms with Gasteiger partial charge in [-0.1, -0.05) is 11.8 Å². The van der Waals surface area contributed by atoms with Crippen molar-refractivity contribution in [3.8, 4) is 0 Å². The summed E-state index contributed by atoms with van der Waals surface area (Å²) in [5.41, 5.74) is 0.243. The Morgan fingerprint density at radius 1 is 1.36 bits per heavy atom. The Labute approximate surface area is 94.7 Å². The van der Waals surface area contributed by atoms with E-state index in [0.29, 0.717) is 6.04 Å². The minimum atomic E-state index is 0.243. The van der Waals surface area contributed by atoms with Crippen LogP contribution in [0.4, 0.5) is 0 Å². The van der Waals surface area contributed by atoms with Crippen LogP contribution in [0.1, 0.15) is 26.7 Å². The van der Waals surface area contributed by atoms with Crippen LogP contribution >= 0.6 is 23.5 Å². The predicted molar refractivity (Wildman–Crippen MR) is 67.5 cm³/mol. The van der Waals surface area contributed by atoms with Crippen LogP contribution in [0.15, 0.2) is 4.99 Å². The standard InChI is InChI=1S/C10H18N2S2/c1-10(2)7-14-9(12-10)11-8-3-5-13-6-4-8/h8H,3-7H2,1-2H3,(H,11,12). The fourth-order valence-electron chi connectivity index (χ4n) is 1.66. The minimum absolute atomic E-state index is 0.243. The van der Waals surface area contributed by atoms with Gasteiger partial charge in [0.05, 0.1) is 6.04 Å². The average molecular weight is 230 g/mol. The highest BCUT2D eigenvalue weighted by Crippen LogP contribution is 2.25. The maximum absolute atomic E-state index is 4.79. The first kappa shape index (κ1) is 10.7. The Hall–Kier alpha value is 0.170. The van der Waals surface area contributed by atoms with Gasteiger partial charge in [0.1, 0.15) is 0 Å². The maximum Gasteiger partial charge on any atom is 0.157 e. The molecule has 0 aromatic heterocycles. The fraction of sp³-hybridized carbons (Fsp3) is 0.900. The van der Waals surface area contributed by atoms with E-state index in [0.717, 1.165) is 5.75 Å². The number of nitrogens with zero attached hydrogens (tertiary/aromatic N) is 1. The summed E-state index contributed by atoms with van der Waals surface area (Å²) in [6, 6.07) is 0.583. The van der Waals surface area contributed by atoms with Gasteiger partial charge in [-0.2, -0.15) is 11.8 Å². The highest BCUT2D eigenvalue weighted by atomic mass is 32.2. The van der Waals surface area contributed by atoms with Gasteiger partial charge in [-0.05, 0) is 38.2 Å². The van der Waals surface area contributed by atoms with Gasteiger partial charge in [0, 0.05) is 11.3 Å². The second-order valence-electron chi connectivity index (χ2n) is 4.58. The monoisotopic (exact) mass is 230 g/mol. The highest BCUT2D eigenvalue weighted by Gasteiger charge is 2.28. The molecule has 0 radical (unpaired) electrons. The van der Waals surface area contributed by atoms with Crippen LogP contribution < -0.4 is 5.32 Å². The molecule has 0 aromatic rings. The van der Waals surface area contributed by atoms with Crippen molar-refractivity contribution in [3.05, 3.63) is 0 Å². The molecule has 14 heavy (non-hydrogen) atoms. The third-order valence-corrected chi connectivity index (χ3v) is 4.90. The van der Waals surface area contributed by atoms with Gasteiger partial charge in [-0.15, -0.1) is 0 Å². The first-order valence-electron chi connectivity index (χ1n) is 5.22. The molecular formula is C10H18N2S2. The van der Waals surface area contributed by atoms with Crippen molar-refractivity contribution in [1.82, 2.24) is 5.32 Å². The van der Waals surface area contributed by atoms with Crippen molar-refractivity contribution in [2.45, 2.75) is 38.3 Å². The van der Waals surface area contributed by atoms with E-state index in [4.69, 9.17) is 4.99 Å². The van der Waals surface area contributed by atoms with Crippen LogP contribution in [0.25, 0.3) is 0 Å². The minimum Gasteiger partial charge on any atom is -0.359 e. The van der Waals surface area contributed by atoms with Gasteiger partial charge in [-0.25, -0.2) is 0 Å². The van der Waals surface area contributed by atoms with Gasteiger partial charge < -0.3 is 5.32 Å². The van der Waals surface area contributed by atoms with Crippen molar-refractivity contribution in [2.24, 2.45) is 4.99 Å². The number of hydrogen-bond acceptors (Lipinski definition) is 3. The van der Waals surface area contributed by atoms with E-state index in [9.17, 15) is 0 Å². The number of thioether (sulfide) groups is 2. The van der Waals surface area contributed by atoms with Crippen LogP contribution in [0.2, 0.25) is 0 Å². The number of nitrogens with one attached hydrogen (secondary N) is 1. The molecule has 2 aliphatic heterocycles. The zero-order valence-corrected chi connectivity index (χ0v) is 10.5. The normalized spacial score (nSPS) is 30.6. The smallest absolute Gasteiger partial charge is 0.157 e. The molecule has 2 rings (SSSR count). The van der Waals surface area contributed by atoms with Gasteiger partial charge in [0.25, 0.3) is 0 Å². The molecule has 0 aromatic carbocycles. The Morgan fingerprint density at radius 2 is 2.07 bits per heavy atom. The molecule has 80 valence electrons. The SMILES string of the molecule is CC1(C)CSC(=NC2CCSCC2)N1. The number of aliphatic imine (C=N–C) groups is 1. The molecule has 2 aliphatic rings. The zero-order chi connectivity index (χ0) is 10.0. The van der Waals surface area contributed by atoms with Crippen LogP contribution in [0.3, 0.4) is 0 Å². The van der Waals surface area contributed by atoms with E-state index >= 15 is 0 Å². The summed E-state index contributed by atoms with van der Waals surface area (Å²) in [6.07, 6.45) is 2.52. The maximum atomic E-state index is 4.79. The second-order valence-corrected chi connectivity index (χ2v) is 6.76. The fourth-order valence-corrected chi connectivity index (χ4v) is 3.88. The highest BCUT2D eigenvalue weighted by molar-refractivity contribution is 8.14. The molecule has 1 N–H and O–H groups in total. The lowest BCUT2D eigenvalue weighted by atomic mass is 10.1. The van der Waals surface area contributed by atoms with E-state index in [-0.39, 0.29) is 5.54 Å². The number of rotatable bonds is 1. The summed E-state index contributed by atoms with van der Waals surface area (Å²) in [6.45, 7) is 4.47. The Balaban J connectivity index is 1.91. The zero-order valence-electron chi connectivity index (χ0n) is 8.88. The van der Waals surface area contributed by atoms with E-state index in [1.807, 2.05) is 11.8 Å². The van der Waals surface area contributed by atoms with E-state index in [2.05, 4.69) is 30.9 Å². The largest absolute Gasteiger partial charge is 0.359 e. The van der Waals surface area contributed by atoms with Gasteiger partial charge in [0.15, 0.2) is 5.17 Å². The van der Waals surface area contributed by atoms with E-state index in [1.54, 1.807) is 0 Å². The molecule has 0 atom stereocenters. The van der Waals surface area contributed by atoms with Gasteiger partial charge in [0.2, 0.25) is 0 Å². The van der Waals surface area contributed by atoms with Crippen LogP contribution in [0.5, 0.6) is 0 Å². The summed E-state index contributed by atoms with van der Waals surface area (Å²) >= 11 is 3.93. The Kier molecular flexibility index (Phi) is 3.32. The Bertz CT molecular complexity index is 232. The van der Waals surface area contributed by atoms with E-state index in [1.165, 1.54) is 29.5 Å². The van der Waals surface area contributed by atoms with Gasteiger partial charge in [-0.3, -0.25) is 4.99 Å². The third kappa shape index (κ3) is 2.83. The van der Waals surface area contributed by atoms with E-state index < -0.39 is 0 Å². The lowest BCUT2D eigenvalue weighted by Gasteiger charge is -2.19. The summed E-state index contributed by atoms with van der Waals surface area (Å²) in [4.78, 5) is 4.79. The molecule has 0 unspecified atom stereocenters. The van der Waals surface area contributed by atoms with Crippen molar-refractivity contribution in [2.75, 3.05) is 17.3 Å². The first-order chi connectivity index (χ1) is 6.66. The lowest BCUT2D eigenvalue weighted by Crippen LogP contribution is -2.37. The third-order valence-electron chi connectivity index (χ3n) is 2.51. The average Bonchev–Trinajstić information content (AvgIpc) is 2.47. The lowest BCUT2D eigenvalue weighted by molar-refractivity contribution is 0.532. The molecule has 0 spiro atoms. The summed E-state index contributed by atoms with van der Waals surface area (Å²) in [7, 11) is 0. The van der Waals surface area contributed by atoms with Crippen LogP contribution in [-0.2, 0) is 0 Å². The predicted octanol–water partition coefficient (Wildman–Crippen LogP) is 2.35. The van der Waals surface area contributed by atoms with Crippen molar-refractivity contribution in [1.29, 1.82) is 0 Å². The van der Waals surface area contributed by atoms with Gasteiger partial charge >= 0.3 is 0 Å². The quantitative estimate of drug-likeness (QED) is 0.748. The summed E-state index contributed by atoms with van der Waals surface area (Å²) in [5, 5.41) is 4.66. The molecule has 0 aliphatic carbocycles. The Morgan fingerprint density at radius 3 is 2.64 bits per heavy atom. The summed E-state index contributed by atoms with van der Waals surface area (Å²) in [5.74, 6) is 3.72. The first-order valence-corrected chi connectivity index (χ1v) is 7.36. The number of amidine groups is 1. The number of hydrogen-bond donors (Lipinski definition) is 1. The molecular weight excluding hydrogens is 212 g/mol. The molecule has 0 saturated carbocycles. The molecule has 2 fully saturated rings. The van der Waals surface area contributed by atoms with Crippen molar-refractivity contribution >= 4 is 28.7 Å². The van der Waals surface area contributed by atoms with Crippen molar-refractivity contribution in [3.63, 3.8) is 0 Å². The molecule has 2 saturated heterocycles. The molecule has 0 bridgehead atoms.